The molecule has 0 bridgehead atoms. The molecule has 2 aromatic heterocycles. The summed E-state index contributed by atoms with van der Waals surface area (Å²) in [5, 5.41) is 10.4. The van der Waals surface area contributed by atoms with E-state index in [4.69, 9.17) is 4.74 Å². The van der Waals surface area contributed by atoms with E-state index in [-0.39, 0.29) is 6.61 Å². The molecule has 0 unspecified atom stereocenters. The Hall–Kier alpha value is -1.98. The number of rotatable bonds is 4. The van der Waals surface area contributed by atoms with E-state index < -0.39 is 0 Å². The molecule has 0 atom stereocenters. The second-order valence-electron chi connectivity index (χ2n) is 4.23. The molecule has 3 aromatic rings. The van der Waals surface area contributed by atoms with Crippen LogP contribution in [0, 0.1) is 0 Å². The number of pyridine rings is 1. The Morgan fingerprint density at radius 3 is 2.70 bits per heavy atom. The maximum Gasteiger partial charge on any atom is 0.138 e. The summed E-state index contributed by atoms with van der Waals surface area (Å²) in [6.45, 7) is -0.0380. The third-order valence-electron chi connectivity index (χ3n) is 3.02. The van der Waals surface area contributed by atoms with Crippen LogP contribution in [-0.4, -0.2) is 21.6 Å². The fourth-order valence-electron chi connectivity index (χ4n) is 2.01. The lowest BCUT2D eigenvalue weighted by Crippen LogP contribution is -1.92. The van der Waals surface area contributed by atoms with E-state index in [2.05, 4.69) is 4.98 Å². The summed E-state index contributed by atoms with van der Waals surface area (Å²) in [7, 11) is 1.65. The van der Waals surface area contributed by atoms with E-state index in [1.807, 2.05) is 53.1 Å². The van der Waals surface area contributed by atoms with Crippen molar-refractivity contribution in [2.24, 2.45) is 0 Å². The molecule has 5 heteroatoms. The van der Waals surface area contributed by atoms with Crippen LogP contribution in [-0.2, 0) is 6.61 Å². The Kier molecular flexibility index (Phi) is 3.62. The van der Waals surface area contributed by atoms with Gasteiger partial charge in [0.2, 0.25) is 0 Å². The number of imidazole rings is 1. The summed E-state index contributed by atoms with van der Waals surface area (Å²) in [6.07, 6.45) is 1.91. The summed E-state index contributed by atoms with van der Waals surface area (Å²) in [4.78, 5) is 5.62. The van der Waals surface area contributed by atoms with Gasteiger partial charge in [-0.25, -0.2) is 4.98 Å². The molecule has 4 nitrogen and oxygen atoms in total. The van der Waals surface area contributed by atoms with E-state index in [9.17, 15) is 5.11 Å². The van der Waals surface area contributed by atoms with Crippen LogP contribution < -0.4 is 4.74 Å². The van der Waals surface area contributed by atoms with Gasteiger partial charge in [0.15, 0.2) is 0 Å². The maximum atomic E-state index is 9.57. The topological polar surface area (TPSA) is 46.8 Å². The molecule has 0 aliphatic carbocycles. The number of benzene rings is 1. The largest absolute Gasteiger partial charge is 0.497 e. The lowest BCUT2D eigenvalue weighted by Gasteiger charge is -2.03. The molecule has 0 spiro atoms. The Morgan fingerprint density at radius 1 is 1.20 bits per heavy atom. The molecular weight excluding hydrogens is 272 g/mol. The molecule has 102 valence electrons. The lowest BCUT2D eigenvalue weighted by molar-refractivity contribution is 0.272. The number of nitrogens with zero attached hydrogens (tertiary/aromatic N) is 2. The third kappa shape index (κ3) is 2.37. The van der Waals surface area contributed by atoms with Crippen LogP contribution >= 0.6 is 11.8 Å². The second-order valence-corrected chi connectivity index (χ2v) is 5.29. The van der Waals surface area contributed by atoms with Crippen molar-refractivity contribution < 1.29 is 9.84 Å². The number of hydrogen-bond acceptors (Lipinski definition) is 4. The minimum absolute atomic E-state index is 0.0380. The average Bonchev–Trinajstić information content (AvgIpc) is 2.85. The van der Waals surface area contributed by atoms with Crippen LogP contribution in [0.15, 0.2) is 58.6 Å². The fraction of sp³-hybridized carbons (Fsp3) is 0.133. The fourth-order valence-corrected chi connectivity index (χ4v) is 2.92. The van der Waals surface area contributed by atoms with E-state index in [0.29, 0.717) is 0 Å². The summed E-state index contributed by atoms with van der Waals surface area (Å²) < 4.78 is 7.05. The van der Waals surface area contributed by atoms with Gasteiger partial charge in [0.25, 0.3) is 0 Å². The monoisotopic (exact) mass is 286 g/mol. The number of methoxy groups -OCH3 is 1. The Bertz CT molecular complexity index is 722. The molecule has 0 saturated heterocycles. The minimum atomic E-state index is -0.0380. The Balaban J connectivity index is 1.96. The first-order chi connectivity index (χ1) is 9.81. The van der Waals surface area contributed by atoms with Crippen molar-refractivity contribution in [3.8, 4) is 5.75 Å². The molecular formula is C15H14N2O2S. The van der Waals surface area contributed by atoms with Gasteiger partial charge >= 0.3 is 0 Å². The summed E-state index contributed by atoms with van der Waals surface area (Å²) >= 11 is 1.54. The predicted octanol–water partition coefficient (Wildman–Crippen LogP) is 2.99. The van der Waals surface area contributed by atoms with E-state index in [1.165, 1.54) is 11.8 Å². The van der Waals surface area contributed by atoms with E-state index >= 15 is 0 Å². The van der Waals surface area contributed by atoms with Crippen molar-refractivity contribution in [3.05, 3.63) is 54.4 Å². The van der Waals surface area contributed by atoms with Crippen LogP contribution in [0.3, 0.4) is 0 Å². The van der Waals surface area contributed by atoms with Gasteiger partial charge in [-0.3, -0.25) is 0 Å². The molecule has 20 heavy (non-hydrogen) atoms. The molecule has 0 aliphatic heterocycles. The van der Waals surface area contributed by atoms with Gasteiger partial charge in [-0.05, 0) is 36.4 Å². The smallest absolute Gasteiger partial charge is 0.138 e. The van der Waals surface area contributed by atoms with Gasteiger partial charge in [-0.1, -0.05) is 17.8 Å². The van der Waals surface area contributed by atoms with Gasteiger partial charge in [0.05, 0.1) is 19.4 Å². The van der Waals surface area contributed by atoms with Gasteiger partial charge in [0.1, 0.15) is 16.4 Å². The Labute approximate surface area is 121 Å². The van der Waals surface area contributed by atoms with E-state index in [0.717, 1.165) is 27.0 Å². The standard InChI is InChI=1S/C15H14N2O2S/c1-19-11-5-7-12(8-6-11)20-15-13(10-18)17-9-3-2-4-14(17)16-15/h2-9,18H,10H2,1H3. The van der Waals surface area contributed by atoms with Crippen molar-refractivity contribution in [2.45, 2.75) is 16.5 Å². The zero-order valence-corrected chi connectivity index (χ0v) is 11.8. The maximum absolute atomic E-state index is 9.57. The van der Waals surface area contributed by atoms with Crippen LogP contribution in [0.4, 0.5) is 0 Å². The highest BCUT2D eigenvalue weighted by Gasteiger charge is 2.12. The molecule has 0 aliphatic rings. The second kappa shape index (κ2) is 5.56. The molecule has 0 saturated carbocycles. The van der Waals surface area contributed by atoms with Gasteiger partial charge in [-0.15, -0.1) is 0 Å². The van der Waals surface area contributed by atoms with Crippen LogP contribution in [0.2, 0.25) is 0 Å². The summed E-state index contributed by atoms with van der Waals surface area (Å²) in [6, 6.07) is 13.6. The molecule has 0 fully saturated rings. The zero-order chi connectivity index (χ0) is 13.9. The highest BCUT2D eigenvalue weighted by atomic mass is 32.2. The Morgan fingerprint density at radius 2 is 2.00 bits per heavy atom. The lowest BCUT2D eigenvalue weighted by atomic mass is 10.3. The minimum Gasteiger partial charge on any atom is -0.497 e. The molecule has 3 rings (SSSR count). The van der Waals surface area contributed by atoms with Crippen LogP contribution in [0.25, 0.3) is 5.65 Å². The highest BCUT2D eigenvalue weighted by molar-refractivity contribution is 7.99. The molecule has 1 aromatic carbocycles. The molecule has 2 heterocycles. The number of aliphatic hydroxyl groups is 1. The highest BCUT2D eigenvalue weighted by Crippen LogP contribution is 2.31. The first-order valence-electron chi connectivity index (χ1n) is 6.20. The SMILES string of the molecule is COc1ccc(Sc2nc3ccccn3c2CO)cc1. The predicted molar refractivity (Wildman–Crippen MR) is 78.2 cm³/mol. The first kappa shape index (κ1) is 13.0. The van der Waals surface area contributed by atoms with Crippen LogP contribution in [0.5, 0.6) is 5.75 Å². The number of ether oxygens (including phenoxy) is 1. The van der Waals surface area contributed by atoms with Gasteiger partial charge < -0.3 is 14.2 Å². The molecule has 0 amide bonds. The van der Waals surface area contributed by atoms with Crippen molar-refractivity contribution in [3.63, 3.8) is 0 Å². The average molecular weight is 286 g/mol. The number of aromatic nitrogens is 2. The third-order valence-corrected chi connectivity index (χ3v) is 4.04. The molecule has 1 N–H and O–H groups in total. The van der Waals surface area contributed by atoms with Gasteiger partial charge in [-0.2, -0.15) is 0 Å². The van der Waals surface area contributed by atoms with Crippen molar-refractivity contribution >= 4 is 17.4 Å². The first-order valence-corrected chi connectivity index (χ1v) is 7.02. The van der Waals surface area contributed by atoms with Crippen molar-refractivity contribution in [2.75, 3.05) is 7.11 Å². The van der Waals surface area contributed by atoms with Gasteiger partial charge in [0, 0.05) is 11.1 Å². The zero-order valence-electron chi connectivity index (χ0n) is 11.0. The number of fused-ring (bicyclic) bond motifs is 1. The number of hydrogen-bond donors (Lipinski definition) is 1. The normalized spacial score (nSPS) is 10.9. The quantitative estimate of drug-likeness (QED) is 0.801. The summed E-state index contributed by atoms with van der Waals surface area (Å²) in [5.41, 5.74) is 1.65. The van der Waals surface area contributed by atoms with Crippen molar-refractivity contribution in [1.82, 2.24) is 9.38 Å². The van der Waals surface area contributed by atoms with Crippen LogP contribution in [0.1, 0.15) is 5.69 Å². The van der Waals surface area contributed by atoms with E-state index in [1.54, 1.807) is 7.11 Å². The summed E-state index contributed by atoms with van der Waals surface area (Å²) in [5.74, 6) is 0.826. The molecule has 0 radical (unpaired) electrons. The number of aliphatic hydroxyl groups excluding tert-OH is 1. The van der Waals surface area contributed by atoms with Crippen molar-refractivity contribution in [1.29, 1.82) is 0 Å².